The first kappa shape index (κ1) is 13.0. The van der Waals surface area contributed by atoms with Crippen molar-refractivity contribution in [2.24, 2.45) is 0 Å². The number of nitrogens with zero attached hydrogens (tertiary/aromatic N) is 2. The van der Waals surface area contributed by atoms with Gasteiger partial charge in [-0.15, -0.1) is 0 Å². The zero-order chi connectivity index (χ0) is 14.7. The van der Waals surface area contributed by atoms with Crippen LogP contribution in [0.25, 0.3) is 0 Å². The zero-order valence-corrected chi connectivity index (χ0v) is 11.2. The number of hydrogen-bond acceptors (Lipinski definition) is 4. The lowest BCUT2D eigenvalue weighted by Gasteiger charge is -2.10. The molecule has 2 aromatic rings. The van der Waals surface area contributed by atoms with Crippen LogP contribution in [0.3, 0.4) is 0 Å². The lowest BCUT2D eigenvalue weighted by Crippen LogP contribution is -2.01. The Morgan fingerprint density at radius 3 is 2.71 bits per heavy atom. The summed E-state index contributed by atoms with van der Waals surface area (Å²) in [5.74, 6) is 1.16. The third kappa shape index (κ3) is 2.66. The molecule has 2 aromatic carbocycles. The maximum absolute atomic E-state index is 9.41. The quantitative estimate of drug-likeness (QED) is 0.863. The van der Waals surface area contributed by atoms with Gasteiger partial charge in [0.15, 0.2) is 11.5 Å². The Balaban J connectivity index is 1.85. The molecule has 21 heavy (non-hydrogen) atoms. The topological polar surface area (TPSA) is 66.0 Å². The van der Waals surface area contributed by atoms with Crippen molar-refractivity contribution in [1.82, 2.24) is 0 Å². The Kier molecular flexibility index (Phi) is 3.45. The van der Waals surface area contributed by atoms with Gasteiger partial charge in [0.05, 0.1) is 23.6 Å². The largest absolute Gasteiger partial charge is 0.454 e. The minimum absolute atomic E-state index is 0.241. The Bertz CT molecular complexity index is 756. The van der Waals surface area contributed by atoms with Crippen LogP contribution in [0.1, 0.15) is 22.6 Å². The summed E-state index contributed by atoms with van der Waals surface area (Å²) in [6, 6.07) is 17.3. The van der Waals surface area contributed by atoms with Gasteiger partial charge in [0.2, 0.25) is 6.79 Å². The Morgan fingerprint density at radius 2 is 1.90 bits per heavy atom. The van der Waals surface area contributed by atoms with Crippen LogP contribution in [-0.4, -0.2) is 6.79 Å². The maximum atomic E-state index is 9.41. The molecular weight excluding hydrogens is 264 g/mol. The predicted molar refractivity (Wildman–Crippen MR) is 75.8 cm³/mol. The number of nitriles is 2. The van der Waals surface area contributed by atoms with Gasteiger partial charge in [0.1, 0.15) is 0 Å². The molecule has 0 radical (unpaired) electrons. The van der Waals surface area contributed by atoms with Crippen LogP contribution in [0.2, 0.25) is 0 Å². The highest BCUT2D eigenvalue weighted by molar-refractivity contribution is 5.45. The third-order valence-corrected chi connectivity index (χ3v) is 3.45. The summed E-state index contributed by atoms with van der Waals surface area (Å²) in [6.45, 7) is 0.241. The molecule has 0 aliphatic carbocycles. The van der Waals surface area contributed by atoms with E-state index in [-0.39, 0.29) is 12.7 Å². The predicted octanol–water partition coefficient (Wildman–Crippen LogP) is 3.14. The van der Waals surface area contributed by atoms with Crippen LogP contribution in [0.5, 0.6) is 11.5 Å². The second kappa shape index (κ2) is 5.56. The van der Waals surface area contributed by atoms with Gasteiger partial charge in [0, 0.05) is 0 Å². The molecule has 1 atom stereocenters. The van der Waals surface area contributed by atoms with Crippen molar-refractivity contribution in [3.63, 3.8) is 0 Å². The number of benzene rings is 2. The molecule has 4 heteroatoms. The van der Waals surface area contributed by atoms with E-state index in [1.54, 1.807) is 18.2 Å². The standard InChI is InChI=1S/C17H12N2O2/c18-9-13-2-1-3-14(7-13)15(10-19)6-12-4-5-16-17(8-12)21-11-20-16/h1-5,7-8,15H,6,11H2. The molecule has 0 fully saturated rings. The normalized spacial score (nSPS) is 13.2. The van der Waals surface area contributed by atoms with E-state index < -0.39 is 0 Å². The fourth-order valence-corrected chi connectivity index (χ4v) is 2.37. The van der Waals surface area contributed by atoms with Crippen LogP contribution in [0.15, 0.2) is 42.5 Å². The van der Waals surface area contributed by atoms with E-state index in [9.17, 15) is 5.26 Å². The van der Waals surface area contributed by atoms with Gasteiger partial charge in [-0.05, 0) is 41.8 Å². The van der Waals surface area contributed by atoms with E-state index in [4.69, 9.17) is 14.7 Å². The smallest absolute Gasteiger partial charge is 0.231 e. The molecule has 1 unspecified atom stereocenters. The molecule has 0 saturated carbocycles. The first-order valence-electron chi connectivity index (χ1n) is 6.58. The molecule has 1 aliphatic heterocycles. The number of hydrogen-bond donors (Lipinski definition) is 0. The Hall–Kier alpha value is -2.98. The van der Waals surface area contributed by atoms with Crippen molar-refractivity contribution in [3.8, 4) is 23.6 Å². The lowest BCUT2D eigenvalue weighted by molar-refractivity contribution is 0.174. The molecule has 0 bridgehead atoms. The van der Waals surface area contributed by atoms with Crippen molar-refractivity contribution in [1.29, 1.82) is 10.5 Å². The van der Waals surface area contributed by atoms with Crippen LogP contribution in [0, 0.1) is 22.7 Å². The minimum atomic E-state index is -0.293. The fourth-order valence-electron chi connectivity index (χ4n) is 2.37. The molecular formula is C17H12N2O2. The van der Waals surface area contributed by atoms with Crippen molar-refractivity contribution in [2.45, 2.75) is 12.3 Å². The minimum Gasteiger partial charge on any atom is -0.454 e. The molecule has 0 spiro atoms. The van der Waals surface area contributed by atoms with E-state index in [1.165, 1.54) is 0 Å². The second-order valence-electron chi connectivity index (χ2n) is 4.81. The Morgan fingerprint density at radius 1 is 1.05 bits per heavy atom. The molecule has 1 aliphatic rings. The van der Waals surface area contributed by atoms with Gasteiger partial charge in [-0.3, -0.25) is 0 Å². The summed E-state index contributed by atoms with van der Waals surface area (Å²) in [7, 11) is 0. The summed E-state index contributed by atoms with van der Waals surface area (Å²) in [4.78, 5) is 0. The summed E-state index contributed by atoms with van der Waals surface area (Å²) in [6.07, 6.45) is 0.571. The highest BCUT2D eigenvalue weighted by Crippen LogP contribution is 2.34. The summed E-state index contributed by atoms with van der Waals surface area (Å²) in [5, 5.41) is 18.4. The molecule has 0 amide bonds. The van der Waals surface area contributed by atoms with Gasteiger partial charge in [-0.25, -0.2) is 0 Å². The van der Waals surface area contributed by atoms with Crippen LogP contribution in [-0.2, 0) is 6.42 Å². The van der Waals surface area contributed by atoms with Crippen molar-refractivity contribution in [3.05, 3.63) is 59.2 Å². The van der Waals surface area contributed by atoms with Gasteiger partial charge >= 0.3 is 0 Å². The average molecular weight is 276 g/mol. The van der Waals surface area contributed by atoms with Crippen molar-refractivity contribution >= 4 is 0 Å². The van der Waals surface area contributed by atoms with Gasteiger partial charge in [0.25, 0.3) is 0 Å². The monoisotopic (exact) mass is 276 g/mol. The molecule has 102 valence electrons. The number of rotatable bonds is 3. The average Bonchev–Trinajstić information content (AvgIpc) is 3.00. The second-order valence-corrected chi connectivity index (χ2v) is 4.81. The first-order valence-corrected chi connectivity index (χ1v) is 6.58. The lowest BCUT2D eigenvalue weighted by atomic mass is 9.92. The van der Waals surface area contributed by atoms with E-state index in [0.29, 0.717) is 12.0 Å². The van der Waals surface area contributed by atoms with Crippen LogP contribution in [0.4, 0.5) is 0 Å². The SMILES string of the molecule is N#Cc1cccc(C(C#N)Cc2ccc3c(c2)OCO3)c1. The fraction of sp³-hybridized carbons (Fsp3) is 0.176. The molecule has 0 saturated heterocycles. The summed E-state index contributed by atoms with van der Waals surface area (Å²) >= 11 is 0. The summed E-state index contributed by atoms with van der Waals surface area (Å²) in [5.41, 5.74) is 2.43. The highest BCUT2D eigenvalue weighted by atomic mass is 16.7. The van der Waals surface area contributed by atoms with Crippen LogP contribution >= 0.6 is 0 Å². The summed E-state index contributed by atoms with van der Waals surface area (Å²) < 4.78 is 10.6. The van der Waals surface area contributed by atoms with Crippen molar-refractivity contribution in [2.75, 3.05) is 6.79 Å². The maximum Gasteiger partial charge on any atom is 0.231 e. The Labute approximate surface area is 122 Å². The van der Waals surface area contributed by atoms with Gasteiger partial charge in [-0.1, -0.05) is 18.2 Å². The highest BCUT2D eigenvalue weighted by Gasteiger charge is 2.16. The third-order valence-electron chi connectivity index (χ3n) is 3.45. The molecule has 0 aromatic heterocycles. The van der Waals surface area contributed by atoms with Crippen LogP contribution < -0.4 is 9.47 Å². The van der Waals surface area contributed by atoms with E-state index in [1.807, 2.05) is 24.3 Å². The van der Waals surface area contributed by atoms with E-state index >= 15 is 0 Å². The van der Waals surface area contributed by atoms with E-state index in [2.05, 4.69) is 12.1 Å². The molecule has 3 rings (SSSR count). The van der Waals surface area contributed by atoms with Gasteiger partial charge in [-0.2, -0.15) is 10.5 Å². The number of ether oxygens (including phenoxy) is 2. The molecule has 4 nitrogen and oxygen atoms in total. The molecule has 0 N–H and O–H groups in total. The molecule has 1 heterocycles. The van der Waals surface area contributed by atoms with Gasteiger partial charge < -0.3 is 9.47 Å². The zero-order valence-electron chi connectivity index (χ0n) is 11.2. The van der Waals surface area contributed by atoms with Crippen molar-refractivity contribution < 1.29 is 9.47 Å². The first-order chi connectivity index (χ1) is 10.3. The van der Waals surface area contributed by atoms with E-state index in [0.717, 1.165) is 22.6 Å². The number of fused-ring (bicyclic) bond motifs is 1.